The summed E-state index contributed by atoms with van der Waals surface area (Å²) >= 11 is 0. The van der Waals surface area contributed by atoms with Crippen LogP contribution in [-0.2, 0) is 16.1 Å². The van der Waals surface area contributed by atoms with Gasteiger partial charge in [0.25, 0.3) is 11.8 Å². The van der Waals surface area contributed by atoms with Gasteiger partial charge in [0.05, 0.1) is 18.2 Å². The predicted octanol–water partition coefficient (Wildman–Crippen LogP) is 3.94. The maximum absolute atomic E-state index is 13.5. The van der Waals surface area contributed by atoms with Crippen molar-refractivity contribution in [2.24, 2.45) is 0 Å². The molecule has 0 spiro atoms. The fourth-order valence-corrected chi connectivity index (χ4v) is 5.19. The number of nitrogens with one attached hydrogen (secondary N) is 1. The molecule has 37 heavy (non-hydrogen) atoms. The fourth-order valence-electron chi connectivity index (χ4n) is 5.19. The Balaban J connectivity index is 1.44. The number of methoxy groups -OCH3 is 1. The quantitative estimate of drug-likeness (QED) is 0.467. The van der Waals surface area contributed by atoms with E-state index in [1.807, 2.05) is 31.2 Å². The van der Waals surface area contributed by atoms with Crippen LogP contribution in [0.1, 0.15) is 78.1 Å². The molecule has 0 aromatic heterocycles. The largest absolute Gasteiger partial charge is 0.497 e. The van der Waals surface area contributed by atoms with Crippen LogP contribution in [0.15, 0.2) is 48.5 Å². The molecule has 1 atom stereocenters. The van der Waals surface area contributed by atoms with Crippen LogP contribution in [0.25, 0.3) is 0 Å². The van der Waals surface area contributed by atoms with E-state index < -0.39 is 6.04 Å². The summed E-state index contributed by atoms with van der Waals surface area (Å²) in [6, 6.07) is 13.8. The maximum atomic E-state index is 13.5. The van der Waals surface area contributed by atoms with Crippen LogP contribution >= 0.6 is 0 Å². The second kappa shape index (κ2) is 12.0. The van der Waals surface area contributed by atoms with Gasteiger partial charge in [0.15, 0.2) is 0 Å². The van der Waals surface area contributed by atoms with Gasteiger partial charge in [-0.1, -0.05) is 44.0 Å². The molecule has 0 saturated heterocycles. The molecule has 196 valence electrons. The van der Waals surface area contributed by atoms with E-state index in [2.05, 4.69) is 5.32 Å². The molecule has 1 saturated carbocycles. The van der Waals surface area contributed by atoms with E-state index in [9.17, 15) is 19.2 Å². The van der Waals surface area contributed by atoms with Crippen molar-refractivity contribution in [3.8, 4) is 5.75 Å². The normalized spacial score (nSPS) is 16.0. The monoisotopic (exact) mass is 505 g/mol. The van der Waals surface area contributed by atoms with Gasteiger partial charge in [0.2, 0.25) is 11.8 Å². The number of hydrogen-bond acceptors (Lipinski definition) is 5. The van der Waals surface area contributed by atoms with E-state index >= 15 is 0 Å². The Morgan fingerprint density at radius 1 is 1.03 bits per heavy atom. The maximum Gasteiger partial charge on any atom is 0.261 e. The van der Waals surface area contributed by atoms with Crippen molar-refractivity contribution in [3.05, 3.63) is 65.2 Å². The summed E-state index contributed by atoms with van der Waals surface area (Å²) in [5.74, 6) is -0.248. The predicted molar refractivity (Wildman–Crippen MR) is 139 cm³/mol. The first-order valence-electron chi connectivity index (χ1n) is 13.1. The van der Waals surface area contributed by atoms with Gasteiger partial charge in [-0.05, 0) is 55.5 Å². The summed E-state index contributed by atoms with van der Waals surface area (Å²) in [5.41, 5.74) is 1.69. The first kappa shape index (κ1) is 26.4. The number of benzene rings is 2. The standard InChI is InChI=1S/C29H35N3O5/c1-3-25(27(34)30-21-9-4-5-10-21)32(19-20-14-16-22(37-2)17-15-20)26(33)13-8-18-31-28(35)23-11-6-7-12-24(23)29(31)36/h6-7,11-12,14-17,21,25H,3-5,8-10,13,18-19H2,1-2H3,(H,30,34). The molecule has 0 radical (unpaired) electrons. The third kappa shape index (κ3) is 6.01. The lowest BCUT2D eigenvalue weighted by atomic mass is 10.1. The summed E-state index contributed by atoms with van der Waals surface area (Å²) in [4.78, 5) is 54.9. The molecule has 1 aliphatic carbocycles. The number of imide groups is 1. The van der Waals surface area contributed by atoms with Gasteiger partial charge >= 0.3 is 0 Å². The molecule has 2 aliphatic rings. The highest BCUT2D eigenvalue weighted by Gasteiger charge is 2.35. The van der Waals surface area contributed by atoms with Crippen LogP contribution in [0.4, 0.5) is 0 Å². The Morgan fingerprint density at radius 3 is 2.22 bits per heavy atom. The second-order valence-corrected chi connectivity index (χ2v) is 9.69. The number of nitrogens with zero attached hydrogens (tertiary/aromatic N) is 2. The highest BCUT2D eigenvalue weighted by molar-refractivity contribution is 6.21. The Bertz CT molecular complexity index is 1110. The molecule has 1 aliphatic heterocycles. The van der Waals surface area contributed by atoms with E-state index in [1.165, 1.54) is 4.90 Å². The Labute approximate surface area is 218 Å². The summed E-state index contributed by atoms with van der Waals surface area (Å²) in [7, 11) is 1.60. The molecule has 8 heteroatoms. The zero-order valence-electron chi connectivity index (χ0n) is 21.6. The molecule has 1 fully saturated rings. The number of ether oxygens (including phenoxy) is 1. The van der Waals surface area contributed by atoms with Crippen LogP contribution in [0.2, 0.25) is 0 Å². The fraction of sp³-hybridized carbons (Fsp3) is 0.448. The minimum atomic E-state index is -0.602. The van der Waals surface area contributed by atoms with Gasteiger partial charge in [-0.2, -0.15) is 0 Å². The van der Waals surface area contributed by atoms with E-state index in [-0.39, 0.29) is 49.2 Å². The minimum absolute atomic E-state index is 0.122. The molecular formula is C29H35N3O5. The Morgan fingerprint density at radius 2 is 1.65 bits per heavy atom. The average Bonchev–Trinajstić information content (AvgIpc) is 3.51. The Hall–Kier alpha value is -3.68. The summed E-state index contributed by atoms with van der Waals surface area (Å²) in [6.07, 6.45) is 5.07. The van der Waals surface area contributed by atoms with Gasteiger partial charge in [0, 0.05) is 25.6 Å². The number of carbonyl (C=O) groups is 4. The second-order valence-electron chi connectivity index (χ2n) is 9.69. The molecule has 0 bridgehead atoms. The molecule has 1 N–H and O–H groups in total. The number of hydrogen-bond donors (Lipinski definition) is 1. The van der Waals surface area contributed by atoms with Gasteiger partial charge in [-0.15, -0.1) is 0 Å². The van der Waals surface area contributed by atoms with E-state index in [0.717, 1.165) is 31.2 Å². The van der Waals surface area contributed by atoms with Crippen molar-refractivity contribution in [3.63, 3.8) is 0 Å². The number of amides is 4. The molecule has 1 unspecified atom stereocenters. The van der Waals surface area contributed by atoms with Crippen molar-refractivity contribution in [1.29, 1.82) is 0 Å². The zero-order chi connectivity index (χ0) is 26.4. The van der Waals surface area contributed by atoms with Gasteiger partial charge in [-0.3, -0.25) is 24.1 Å². The van der Waals surface area contributed by atoms with Crippen LogP contribution < -0.4 is 10.1 Å². The minimum Gasteiger partial charge on any atom is -0.497 e. The summed E-state index contributed by atoms with van der Waals surface area (Å²) in [6.45, 7) is 2.35. The molecule has 8 nitrogen and oxygen atoms in total. The molecule has 4 amide bonds. The van der Waals surface area contributed by atoms with Crippen LogP contribution in [-0.4, -0.2) is 59.2 Å². The van der Waals surface area contributed by atoms with Crippen molar-refractivity contribution >= 4 is 23.6 Å². The third-order valence-corrected chi connectivity index (χ3v) is 7.25. The lowest BCUT2D eigenvalue weighted by Crippen LogP contribution is -2.51. The van der Waals surface area contributed by atoms with E-state index in [1.54, 1.807) is 36.3 Å². The van der Waals surface area contributed by atoms with Gasteiger partial charge in [0.1, 0.15) is 11.8 Å². The molecule has 4 rings (SSSR count). The number of fused-ring (bicyclic) bond motifs is 1. The van der Waals surface area contributed by atoms with Gasteiger partial charge in [-0.25, -0.2) is 0 Å². The Kier molecular flexibility index (Phi) is 8.58. The molecule has 1 heterocycles. The SMILES string of the molecule is CCC(C(=O)NC1CCCC1)N(Cc1ccc(OC)cc1)C(=O)CCCN1C(=O)c2ccccc2C1=O. The first-order chi connectivity index (χ1) is 17.9. The average molecular weight is 506 g/mol. The summed E-state index contributed by atoms with van der Waals surface area (Å²) < 4.78 is 5.24. The third-order valence-electron chi connectivity index (χ3n) is 7.25. The van der Waals surface area contributed by atoms with Gasteiger partial charge < -0.3 is 15.0 Å². The van der Waals surface area contributed by atoms with Crippen molar-refractivity contribution < 1.29 is 23.9 Å². The van der Waals surface area contributed by atoms with E-state index in [4.69, 9.17) is 4.74 Å². The zero-order valence-corrected chi connectivity index (χ0v) is 21.6. The first-order valence-corrected chi connectivity index (χ1v) is 13.1. The van der Waals surface area contributed by atoms with Crippen LogP contribution in [0, 0.1) is 0 Å². The summed E-state index contributed by atoms with van der Waals surface area (Å²) in [5, 5.41) is 3.14. The lowest BCUT2D eigenvalue weighted by molar-refractivity contribution is -0.141. The molecular weight excluding hydrogens is 470 g/mol. The van der Waals surface area contributed by atoms with Crippen LogP contribution in [0.5, 0.6) is 5.75 Å². The number of rotatable bonds is 11. The van der Waals surface area contributed by atoms with Crippen molar-refractivity contribution in [2.45, 2.75) is 70.5 Å². The lowest BCUT2D eigenvalue weighted by Gasteiger charge is -2.31. The van der Waals surface area contributed by atoms with Crippen molar-refractivity contribution in [2.75, 3.05) is 13.7 Å². The van der Waals surface area contributed by atoms with Crippen LogP contribution in [0.3, 0.4) is 0 Å². The molecule has 2 aromatic carbocycles. The highest BCUT2D eigenvalue weighted by atomic mass is 16.5. The van der Waals surface area contributed by atoms with E-state index in [0.29, 0.717) is 29.7 Å². The highest BCUT2D eigenvalue weighted by Crippen LogP contribution is 2.24. The number of carbonyl (C=O) groups excluding carboxylic acids is 4. The smallest absolute Gasteiger partial charge is 0.261 e. The van der Waals surface area contributed by atoms with Crippen molar-refractivity contribution in [1.82, 2.24) is 15.1 Å². The molecule has 2 aromatic rings. The topological polar surface area (TPSA) is 96.0 Å².